The first-order valence-electron chi connectivity index (χ1n) is 12.6. The molecule has 1 aliphatic heterocycles. The molecule has 0 radical (unpaired) electrons. The van der Waals surface area contributed by atoms with Gasteiger partial charge in [0.2, 0.25) is 5.91 Å². The van der Waals surface area contributed by atoms with E-state index in [1.54, 1.807) is 23.9 Å². The molecule has 192 valence electrons. The van der Waals surface area contributed by atoms with E-state index in [0.29, 0.717) is 32.6 Å². The van der Waals surface area contributed by atoms with Crippen molar-refractivity contribution in [1.82, 2.24) is 24.6 Å². The number of carbonyl (C=O) groups excluding carboxylic acids is 1. The number of aryl methyl sites for hydroxylation is 2. The van der Waals surface area contributed by atoms with Crippen molar-refractivity contribution in [3.63, 3.8) is 0 Å². The molecular formula is C28H31FN6O2. The van der Waals surface area contributed by atoms with Gasteiger partial charge in [-0.3, -0.25) is 4.79 Å². The second-order valence-corrected chi connectivity index (χ2v) is 9.28. The van der Waals surface area contributed by atoms with Crippen LogP contribution in [0.4, 0.5) is 10.2 Å². The van der Waals surface area contributed by atoms with E-state index in [-0.39, 0.29) is 11.7 Å². The van der Waals surface area contributed by atoms with Crippen molar-refractivity contribution >= 4 is 22.8 Å². The van der Waals surface area contributed by atoms with Gasteiger partial charge in [-0.25, -0.2) is 19.0 Å². The van der Waals surface area contributed by atoms with Crippen LogP contribution in [0.25, 0.3) is 16.7 Å². The van der Waals surface area contributed by atoms with Crippen LogP contribution in [0.1, 0.15) is 30.4 Å². The molecule has 1 amide bonds. The number of carbonyl (C=O) groups is 1. The Morgan fingerprint density at radius 3 is 2.35 bits per heavy atom. The van der Waals surface area contributed by atoms with Crippen molar-refractivity contribution in [1.29, 1.82) is 0 Å². The van der Waals surface area contributed by atoms with Crippen molar-refractivity contribution in [2.45, 2.75) is 33.1 Å². The average Bonchev–Trinajstić information content (AvgIpc) is 3.25. The van der Waals surface area contributed by atoms with E-state index in [2.05, 4.69) is 11.8 Å². The predicted molar refractivity (Wildman–Crippen MR) is 141 cm³/mol. The third kappa shape index (κ3) is 5.12. The van der Waals surface area contributed by atoms with Crippen LogP contribution in [0.2, 0.25) is 0 Å². The Balaban J connectivity index is 1.38. The van der Waals surface area contributed by atoms with Crippen LogP contribution >= 0.6 is 0 Å². The number of benzene rings is 2. The topological polar surface area (TPSA) is 76.4 Å². The number of nitrogens with zero attached hydrogens (tertiary/aromatic N) is 6. The monoisotopic (exact) mass is 502 g/mol. The number of fused-ring (bicyclic) bond motifs is 1. The molecule has 1 saturated heterocycles. The molecule has 4 aromatic rings. The highest BCUT2D eigenvalue weighted by atomic mass is 19.1. The number of piperazine rings is 1. The quantitative estimate of drug-likeness (QED) is 0.379. The lowest BCUT2D eigenvalue weighted by molar-refractivity contribution is -0.130. The van der Waals surface area contributed by atoms with E-state index in [9.17, 15) is 9.18 Å². The van der Waals surface area contributed by atoms with Crippen LogP contribution in [0.15, 0.2) is 48.5 Å². The molecule has 9 heteroatoms. The Morgan fingerprint density at radius 2 is 1.70 bits per heavy atom. The zero-order chi connectivity index (χ0) is 25.9. The lowest BCUT2D eigenvalue weighted by atomic mass is 10.1. The lowest BCUT2D eigenvalue weighted by Gasteiger charge is -2.36. The van der Waals surface area contributed by atoms with E-state index >= 15 is 0 Å². The largest absolute Gasteiger partial charge is 0.497 e. The lowest BCUT2D eigenvalue weighted by Crippen LogP contribution is -2.49. The van der Waals surface area contributed by atoms with Crippen LogP contribution in [-0.2, 0) is 17.6 Å². The van der Waals surface area contributed by atoms with E-state index in [0.717, 1.165) is 58.2 Å². The first kappa shape index (κ1) is 24.7. The third-order valence-corrected chi connectivity index (χ3v) is 6.72. The molecular weight excluding hydrogens is 471 g/mol. The summed E-state index contributed by atoms with van der Waals surface area (Å²) in [6.07, 6.45) is 2.03. The SMILES string of the molecule is CCCc1nc(N2CCN(C(=O)Cc3ccc(OC)cc3)CC2)c2c(C)nn(-c3ccc(F)cc3)c2n1. The summed E-state index contributed by atoms with van der Waals surface area (Å²) in [7, 11) is 1.63. The van der Waals surface area contributed by atoms with Crippen molar-refractivity contribution in [3.8, 4) is 11.4 Å². The third-order valence-electron chi connectivity index (χ3n) is 6.72. The predicted octanol–water partition coefficient (Wildman–Crippen LogP) is 4.12. The summed E-state index contributed by atoms with van der Waals surface area (Å²) in [5.74, 6) is 2.21. The van der Waals surface area contributed by atoms with Crippen LogP contribution in [0.5, 0.6) is 5.75 Å². The maximum absolute atomic E-state index is 13.5. The standard InChI is InChI=1S/C28H31FN6O2/c1-4-5-24-30-27(26-19(2)32-35(28(26)31-24)22-10-8-21(29)9-11-22)34-16-14-33(15-17-34)25(36)18-20-6-12-23(37-3)13-7-20/h6-13H,4-5,14-18H2,1-3H3. The van der Waals surface area contributed by atoms with E-state index < -0.39 is 0 Å². The number of methoxy groups -OCH3 is 1. The summed E-state index contributed by atoms with van der Waals surface area (Å²) in [5.41, 5.74) is 3.25. The number of hydrogen-bond donors (Lipinski definition) is 0. The van der Waals surface area contributed by atoms with E-state index in [1.165, 1.54) is 12.1 Å². The van der Waals surface area contributed by atoms with Gasteiger partial charge >= 0.3 is 0 Å². The Morgan fingerprint density at radius 1 is 1.00 bits per heavy atom. The highest BCUT2D eigenvalue weighted by Crippen LogP contribution is 2.30. The minimum atomic E-state index is -0.293. The molecule has 0 aliphatic carbocycles. The number of halogens is 1. The first-order chi connectivity index (χ1) is 18.0. The molecule has 0 unspecified atom stereocenters. The minimum Gasteiger partial charge on any atom is -0.497 e. The molecule has 37 heavy (non-hydrogen) atoms. The number of amides is 1. The molecule has 0 bridgehead atoms. The van der Waals surface area contributed by atoms with Gasteiger partial charge in [0, 0.05) is 32.6 Å². The van der Waals surface area contributed by atoms with Gasteiger partial charge in [-0.2, -0.15) is 5.10 Å². The van der Waals surface area contributed by atoms with Crippen LogP contribution in [0, 0.1) is 12.7 Å². The highest BCUT2D eigenvalue weighted by Gasteiger charge is 2.26. The van der Waals surface area contributed by atoms with Gasteiger partial charge in [0.05, 0.1) is 30.3 Å². The maximum atomic E-state index is 13.5. The number of anilines is 1. The zero-order valence-corrected chi connectivity index (χ0v) is 21.4. The summed E-state index contributed by atoms with van der Waals surface area (Å²) in [5, 5.41) is 5.63. The number of rotatable bonds is 7. The molecule has 0 spiro atoms. The smallest absolute Gasteiger partial charge is 0.227 e. The summed E-state index contributed by atoms with van der Waals surface area (Å²) >= 11 is 0. The van der Waals surface area contributed by atoms with E-state index in [4.69, 9.17) is 19.8 Å². The molecule has 2 aromatic heterocycles. The fraction of sp³-hybridized carbons (Fsp3) is 0.357. The number of aromatic nitrogens is 4. The summed E-state index contributed by atoms with van der Waals surface area (Å²) in [4.78, 5) is 26.9. The molecule has 0 N–H and O–H groups in total. The Hall–Kier alpha value is -4.01. The molecule has 1 aliphatic rings. The average molecular weight is 503 g/mol. The normalized spacial score (nSPS) is 13.8. The molecule has 1 fully saturated rings. The molecule has 5 rings (SSSR count). The zero-order valence-electron chi connectivity index (χ0n) is 21.4. The van der Waals surface area contributed by atoms with Crippen molar-refractivity contribution in [3.05, 3.63) is 71.4 Å². The molecule has 2 aromatic carbocycles. The Kier molecular flexibility index (Phi) is 7.03. The Labute approximate surface area is 215 Å². The minimum absolute atomic E-state index is 0.115. The van der Waals surface area contributed by atoms with Crippen LogP contribution in [0.3, 0.4) is 0 Å². The van der Waals surface area contributed by atoms with Gasteiger partial charge in [0.15, 0.2) is 5.65 Å². The van der Waals surface area contributed by atoms with Crippen molar-refractivity contribution < 1.29 is 13.9 Å². The van der Waals surface area contributed by atoms with Crippen molar-refractivity contribution in [2.24, 2.45) is 0 Å². The summed E-state index contributed by atoms with van der Waals surface area (Å²) in [6.45, 7) is 6.64. The molecule has 8 nitrogen and oxygen atoms in total. The van der Waals surface area contributed by atoms with Gasteiger partial charge in [0.1, 0.15) is 23.2 Å². The van der Waals surface area contributed by atoms with Gasteiger partial charge < -0.3 is 14.5 Å². The van der Waals surface area contributed by atoms with E-state index in [1.807, 2.05) is 36.1 Å². The summed E-state index contributed by atoms with van der Waals surface area (Å²) < 4.78 is 20.5. The van der Waals surface area contributed by atoms with Gasteiger partial charge in [-0.15, -0.1) is 0 Å². The second-order valence-electron chi connectivity index (χ2n) is 9.28. The Bertz CT molecular complexity index is 1390. The van der Waals surface area contributed by atoms with Gasteiger partial charge in [-0.05, 0) is 55.3 Å². The fourth-order valence-corrected chi connectivity index (χ4v) is 4.73. The van der Waals surface area contributed by atoms with Gasteiger partial charge in [0.25, 0.3) is 0 Å². The number of hydrogen-bond acceptors (Lipinski definition) is 6. The van der Waals surface area contributed by atoms with Crippen molar-refractivity contribution in [2.75, 3.05) is 38.2 Å². The second kappa shape index (κ2) is 10.5. The van der Waals surface area contributed by atoms with Gasteiger partial charge in [-0.1, -0.05) is 19.1 Å². The highest BCUT2D eigenvalue weighted by molar-refractivity contribution is 5.91. The fourth-order valence-electron chi connectivity index (χ4n) is 4.73. The molecule has 0 atom stereocenters. The molecule has 3 heterocycles. The first-order valence-corrected chi connectivity index (χ1v) is 12.6. The summed E-state index contributed by atoms with van der Waals surface area (Å²) in [6, 6.07) is 13.9. The number of ether oxygens (including phenoxy) is 1. The van der Waals surface area contributed by atoms with Crippen LogP contribution < -0.4 is 9.64 Å². The molecule has 0 saturated carbocycles. The van der Waals surface area contributed by atoms with Crippen LogP contribution in [-0.4, -0.2) is 63.8 Å². The maximum Gasteiger partial charge on any atom is 0.227 e.